The van der Waals surface area contributed by atoms with Gasteiger partial charge in [-0.25, -0.2) is 4.79 Å². The van der Waals surface area contributed by atoms with Crippen LogP contribution in [0.25, 0.3) is 10.9 Å². The Balaban J connectivity index is 1.66. The minimum atomic E-state index is -0.597. The fourth-order valence-electron chi connectivity index (χ4n) is 3.07. The maximum Gasteiger partial charge on any atom is 0.339 e. The third-order valence-corrected chi connectivity index (χ3v) is 4.46. The third-order valence-electron chi connectivity index (χ3n) is 4.46. The van der Waals surface area contributed by atoms with E-state index in [1.54, 1.807) is 18.5 Å². The molecule has 0 aliphatic heterocycles. The number of fused-ring (bicyclic) bond motifs is 1. The molecule has 6 heteroatoms. The summed E-state index contributed by atoms with van der Waals surface area (Å²) in [6, 6.07) is 9.42. The molecule has 0 amide bonds. The predicted molar refractivity (Wildman–Crippen MR) is 100 cm³/mol. The number of ether oxygens (including phenoxy) is 1. The number of carbonyl (C=O) groups is 1. The molecule has 2 atom stereocenters. The molecule has 0 aliphatic carbocycles. The van der Waals surface area contributed by atoms with Crippen molar-refractivity contribution in [2.24, 2.45) is 0 Å². The molecular formula is C20H23N3O3. The fourth-order valence-corrected chi connectivity index (χ4v) is 3.07. The number of aromatic nitrogens is 2. The molecule has 3 N–H and O–H groups in total. The summed E-state index contributed by atoms with van der Waals surface area (Å²) in [7, 11) is 1.38. The molecule has 0 fully saturated rings. The van der Waals surface area contributed by atoms with Crippen molar-refractivity contribution in [3.63, 3.8) is 0 Å². The highest BCUT2D eigenvalue weighted by atomic mass is 16.5. The number of aromatic amines is 1. The Morgan fingerprint density at radius 3 is 2.92 bits per heavy atom. The topological polar surface area (TPSA) is 87.2 Å². The second-order valence-electron chi connectivity index (χ2n) is 6.35. The number of nitrogens with zero attached hydrogens (tertiary/aromatic N) is 1. The molecule has 2 aromatic heterocycles. The molecule has 0 saturated carbocycles. The van der Waals surface area contributed by atoms with Gasteiger partial charge in [0.15, 0.2) is 0 Å². The zero-order valence-electron chi connectivity index (χ0n) is 14.9. The summed E-state index contributed by atoms with van der Waals surface area (Å²) in [6.07, 6.45) is 5.45. The van der Waals surface area contributed by atoms with Gasteiger partial charge in [-0.3, -0.25) is 4.98 Å². The molecule has 6 nitrogen and oxygen atoms in total. The lowest BCUT2D eigenvalue weighted by atomic mass is 10.0. The van der Waals surface area contributed by atoms with Gasteiger partial charge in [-0.1, -0.05) is 18.2 Å². The maximum atomic E-state index is 11.9. The van der Waals surface area contributed by atoms with Crippen LogP contribution in [0.3, 0.4) is 0 Å². The van der Waals surface area contributed by atoms with E-state index in [0.29, 0.717) is 12.1 Å². The van der Waals surface area contributed by atoms with Gasteiger partial charge in [0.25, 0.3) is 0 Å². The van der Waals surface area contributed by atoms with Gasteiger partial charge in [-0.2, -0.15) is 0 Å². The van der Waals surface area contributed by atoms with Crippen molar-refractivity contribution in [2.45, 2.75) is 25.5 Å². The number of carbonyl (C=O) groups excluding carboxylic acids is 1. The number of hydrogen-bond acceptors (Lipinski definition) is 5. The fraction of sp³-hybridized carbons (Fsp3) is 0.300. The predicted octanol–water partition coefficient (Wildman–Crippen LogP) is 2.60. The van der Waals surface area contributed by atoms with Crippen LogP contribution in [0, 0.1) is 0 Å². The summed E-state index contributed by atoms with van der Waals surface area (Å²) in [4.78, 5) is 19.1. The van der Waals surface area contributed by atoms with E-state index in [2.05, 4.69) is 22.2 Å². The SMILES string of the molecule is COC(=O)c1cccc2c(C[C@@H](C)NC[C@@H](O)c3cccnc3)c[nH]c12. The number of aliphatic hydroxyl groups excluding tert-OH is 1. The van der Waals surface area contributed by atoms with Crippen molar-refractivity contribution >= 4 is 16.9 Å². The Hall–Kier alpha value is -2.70. The second kappa shape index (κ2) is 8.12. The third kappa shape index (κ3) is 3.92. The van der Waals surface area contributed by atoms with Gasteiger partial charge in [0.2, 0.25) is 0 Å². The molecule has 136 valence electrons. The van der Waals surface area contributed by atoms with Crippen molar-refractivity contribution in [1.29, 1.82) is 0 Å². The lowest BCUT2D eigenvalue weighted by Gasteiger charge is -2.17. The molecule has 2 heterocycles. The smallest absolute Gasteiger partial charge is 0.339 e. The normalized spacial score (nSPS) is 13.5. The highest BCUT2D eigenvalue weighted by Gasteiger charge is 2.15. The zero-order chi connectivity index (χ0) is 18.5. The van der Waals surface area contributed by atoms with Crippen LogP contribution in [0.5, 0.6) is 0 Å². The number of methoxy groups -OCH3 is 1. The second-order valence-corrected chi connectivity index (χ2v) is 6.35. The van der Waals surface area contributed by atoms with E-state index in [9.17, 15) is 9.90 Å². The van der Waals surface area contributed by atoms with Gasteiger partial charge < -0.3 is 20.1 Å². The van der Waals surface area contributed by atoms with Crippen LogP contribution in [0.2, 0.25) is 0 Å². The van der Waals surface area contributed by atoms with E-state index in [1.165, 1.54) is 7.11 Å². The number of esters is 1. The summed E-state index contributed by atoms with van der Waals surface area (Å²) in [6.45, 7) is 2.52. The molecular weight excluding hydrogens is 330 g/mol. The summed E-state index contributed by atoms with van der Waals surface area (Å²) in [5.74, 6) is -0.352. The van der Waals surface area contributed by atoms with Crippen LogP contribution < -0.4 is 5.32 Å². The summed E-state index contributed by atoms with van der Waals surface area (Å²) < 4.78 is 4.84. The molecule has 0 radical (unpaired) electrons. The first-order valence-electron chi connectivity index (χ1n) is 8.58. The van der Waals surface area contributed by atoms with E-state index < -0.39 is 6.10 Å². The zero-order valence-corrected chi connectivity index (χ0v) is 14.9. The number of benzene rings is 1. The largest absolute Gasteiger partial charge is 0.465 e. The molecule has 0 aliphatic rings. The summed E-state index contributed by atoms with van der Waals surface area (Å²) >= 11 is 0. The van der Waals surface area contributed by atoms with E-state index in [1.807, 2.05) is 30.5 Å². The number of rotatable bonds is 7. The number of hydrogen-bond donors (Lipinski definition) is 3. The first-order chi connectivity index (χ1) is 12.6. The van der Waals surface area contributed by atoms with Crippen molar-refractivity contribution in [3.05, 3.63) is 65.6 Å². The molecule has 3 aromatic rings. The van der Waals surface area contributed by atoms with Gasteiger partial charge in [-0.15, -0.1) is 0 Å². The van der Waals surface area contributed by atoms with Crippen molar-refractivity contribution < 1.29 is 14.6 Å². The molecule has 3 rings (SSSR count). The van der Waals surface area contributed by atoms with E-state index in [0.717, 1.165) is 28.5 Å². The van der Waals surface area contributed by atoms with Crippen molar-refractivity contribution in [1.82, 2.24) is 15.3 Å². The van der Waals surface area contributed by atoms with Gasteiger partial charge >= 0.3 is 5.97 Å². The highest BCUT2D eigenvalue weighted by molar-refractivity contribution is 6.03. The Kier molecular flexibility index (Phi) is 5.65. The minimum Gasteiger partial charge on any atom is -0.465 e. The molecule has 1 aromatic carbocycles. The molecule has 0 spiro atoms. The number of para-hydroxylation sites is 1. The van der Waals surface area contributed by atoms with Gasteiger partial charge in [0, 0.05) is 42.1 Å². The Morgan fingerprint density at radius 1 is 1.35 bits per heavy atom. The lowest BCUT2D eigenvalue weighted by Crippen LogP contribution is -2.32. The van der Waals surface area contributed by atoms with E-state index >= 15 is 0 Å². The van der Waals surface area contributed by atoms with Crippen LogP contribution in [-0.2, 0) is 11.2 Å². The van der Waals surface area contributed by atoms with Crippen molar-refractivity contribution in [2.75, 3.05) is 13.7 Å². The van der Waals surface area contributed by atoms with Crippen LogP contribution in [-0.4, -0.2) is 40.7 Å². The van der Waals surface area contributed by atoms with Crippen LogP contribution in [0.1, 0.15) is 34.5 Å². The van der Waals surface area contributed by atoms with Crippen LogP contribution in [0.15, 0.2) is 48.9 Å². The highest BCUT2D eigenvalue weighted by Crippen LogP contribution is 2.23. The monoisotopic (exact) mass is 353 g/mol. The molecule has 26 heavy (non-hydrogen) atoms. The lowest BCUT2D eigenvalue weighted by molar-refractivity contribution is 0.0603. The minimum absolute atomic E-state index is 0.155. The van der Waals surface area contributed by atoms with Gasteiger partial charge in [0.1, 0.15) is 0 Å². The summed E-state index contributed by atoms with van der Waals surface area (Å²) in [5.41, 5.74) is 3.23. The average Bonchev–Trinajstić information content (AvgIpc) is 3.09. The number of pyridine rings is 1. The summed E-state index contributed by atoms with van der Waals surface area (Å²) in [5, 5.41) is 14.6. The maximum absolute atomic E-state index is 11.9. The van der Waals surface area contributed by atoms with Crippen LogP contribution >= 0.6 is 0 Å². The Labute approximate surface area is 152 Å². The first kappa shape index (κ1) is 18.1. The quantitative estimate of drug-likeness (QED) is 0.568. The molecule has 0 bridgehead atoms. The van der Waals surface area contributed by atoms with E-state index in [4.69, 9.17) is 4.74 Å². The number of H-pyrrole nitrogens is 1. The first-order valence-corrected chi connectivity index (χ1v) is 8.58. The van der Waals surface area contributed by atoms with Gasteiger partial charge in [-0.05, 0) is 31.0 Å². The van der Waals surface area contributed by atoms with Crippen LogP contribution in [0.4, 0.5) is 0 Å². The number of aliphatic hydroxyl groups is 1. The Bertz CT molecular complexity index is 876. The average molecular weight is 353 g/mol. The van der Waals surface area contributed by atoms with Gasteiger partial charge in [0.05, 0.1) is 24.3 Å². The molecule has 0 saturated heterocycles. The standard InChI is InChI=1S/C20H23N3O3/c1-13(22-12-18(24)14-5-4-8-21-10-14)9-15-11-23-19-16(15)6-3-7-17(19)20(25)26-2/h3-8,10-11,13,18,22-24H,9,12H2,1-2H3/t13-,18-/m1/s1. The molecule has 0 unspecified atom stereocenters. The Morgan fingerprint density at radius 2 is 2.19 bits per heavy atom. The van der Waals surface area contributed by atoms with Crippen molar-refractivity contribution in [3.8, 4) is 0 Å². The van der Waals surface area contributed by atoms with E-state index in [-0.39, 0.29) is 12.0 Å². The number of nitrogens with one attached hydrogen (secondary N) is 2.